The van der Waals surface area contributed by atoms with Crippen LogP contribution in [0.25, 0.3) is 0 Å². The summed E-state index contributed by atoms with van der Waals surface area (Å²) in [7, 11) is 0. The predicted molar refractivity (Wildman–Crippen MR) is 64.1 cm³/mol. The Morgan fingerprint density at radius 1 is 1.79 bits per heavy atom. The number of aryl methyl sites for hydroxylation is 1. The summed E-state index contributed by atoms with van der Waals surface area (Å²) in [6, 6.07) is 0. The van der Waals surface area contributed by atoms with Gasteiger partial charge in [-0.2, -0.15) is 0 Å². The van der Waals surface area contributed by atoms with Crippen LogP contribution in [0.4, 0.5) is 0 Å². The minimum atomic E-state index is -0.0345. The van der Waals surface area contributed by atoms with Crippen LogP contribution in [-0.4, -0.2) is 16.1 Å². The van der Waals surface area contributed by atoms with Crippen molar-refractivity contribution < 1.29 is 0 Å². The third kappa shape index (κ3) is 2.42. The maximum Gasteiger partial charge on any atom is 0.267 e. The highest BCUT2D eigenvalue weighted by molar-refractivity contribution is 14.1. The van der Waals surface area contributed by atoms with Crippen molar-refractivity contribution >= 4 is 22.6 Å². The summed E-state index contributed by atoms with van der Waals surface area (Å²) in [5.74, 6) is 0. The number of aromatic nitrogens is 2. The van der Waals surface area contributed by atoms with Gasteiger partial charge in [-0.05, 0) is 35.1 Å². The average molecular weight is 305 g/mol. The van der Waals surface area contributed by atoms with Gasteiger partial charge in [0.2, 0.25) is 0 Å². The van der Waals surface area contributed by atoms with Crippen LogP contribution >= 0.6 is 22.6 Å². The van der Waals surface area contributed by atoms with Gasteiger partial charge in [-0.15, -0.1) is 0 Å². The van der Waals surface area contributed by atoms with Gasteiger partial charge in [0.15, 0.2) is 0 Å². The van der Waals surface area contributed by atoms with Crippen molar-refractivity contribution in [3.8, 4) is 0 Å². The molecule has 0 fully saturated rings. The minimum absolute atomic E-state index is 0.0345. The second-order valence-corrected chi connectivity index (χ2v) is 4.11. The van der Waals surface area contributed by atoms with E-state index in [0.717, 1.165) is 11.3 Å². The van der Waals surface area contributed by atoms with Crippen LogP contribution in [0.2, 0.25) is 0 Å². The Kier molecular flexibility index (Phi) is 3.82. The van der Waals surface area contributed by atoms with Crippen LogP contribution in [0.1, 0.15) is 5.69 Å². The van der Waals surface area contributed by atoms with Crippen LogP contribution in [0.15, 0.2) is 23.3 Å². The predicted octanol–water partition coefficient (Wildman–Crippen LogP) is 0.671. The maximum absolute atomic E-state index is 11.7. The van der Waals surface area contributed by atoms with Crippen molar-refractivity contribution in [1.82, 2.24) is 9.55 Å². The van der Waals surface area contributed by atoms with Crippen molar-refractivity contribution in [3.05, 3.63) is 38.1 Å². The van der Waals surface area contributed by atoms with Crippen LogP contribution in [0, 0.1) is 10.5 Å². The molecule has 2 N–H and O–H groups in total. The minimum Gasteiger partial charge on any atom is -0.327 e. The fourth-order valence-corrected chi connectivity index (χ4v) is 1.41. The van der Waals surface area contributed by atoms with E-state index >= 15 is 0 Å². The molecule has 5 heteroatoms. The Labute approximate surface area is 96.0 Å². The molecule has 76 valence electrons. The van der Waals surface area contributed by atoms with Crippen LogP contribution in [0.5, 0.6) is 0 Å². The summed E-state index contributed by atoms with van der Waals surface area (Å²) < 4.78 is 2.17. The second kappa shape index (κ2) is 4.70. The molecule has 1 aromatic heterocycles. The molecule has 0 unspecified atom stereocenters. The molecule has 0 saturated heterocycles. The van der Waals surface area contributed by atoms with Crippen molar-refractivity contribution in [2.24, 2.45) is 5.73 Å². The first-order valence-corrected chi connectivity index (χ1v) is 5.22. The molecule has 0 aliphatic heterocycles. The molecule has 0 aliphatic rings. The van der Waals surface area contributed by atoms with E-state index in [0.29, 0.717) is 16.7 Å². The van der Waals surface area contributed by atoms with Crippen molar-refractivity contribution in [2.45, 2.75) is 13.5 Å². The lowest BCUT2D eigenvalue weighted by Crippen LogP contribution is -2.25. The van der Waals surface area contributed by atoms with Crippen molar-refractivity contribution in [2.75, 3.05) is 6.54 Å². The zero-order valence-corrected chi connectivity index (χ0v) is 10.1. The number of rotatable bonds is 3. The SMILES string of the molecule is C=C(CN)Cn1cnc(C)c(I)c1=O. The van der Waals surface area contributed by atoms with Crippen LogP contribution < -0.4 is 11.3 Å². The van der Waals surface area contributed by atoms with Gasteiger partial charge in [0.25, 0.3) is 5.56 Å². The Morgan fingerprint density at radius 3 is 3.00 bits per heavy atom. The first-order chi connectivity index (χ1) is 6.56. The van der Waals surface area contributed by atoms with Crippen LogP contribution in [0.3, 0.4) is 0 Å². The van der Waals surface area contributed by atoms with Gasteiger partial charge in [-0.1, -0.05) is 6.58 Å². The Balaban J connectivity index is 3.06. The zero-order valence-electron chi connectivity index (χ0n) is 7.96. The van der Waals surface area contributed by atoms with Gasteiger partial charge < -0.3 is 5.73 Å². The monoisotopic (exact) mass is 305 g/mol. The van der Waals surface area contributed by atoms with E-state index in [1.165, 1.54) is 10.9 Å². The summed E-state index contributed by atoms with van der Waals surface area (Å²) in [4.78, 5) is 15.8. The number of hydrogen-bond acceptors (Lipinski definition) is 3. The van der Waals surface area contributed by atoms with Crippen LogP contribution in [-0.2, 0) is 6.54 Å². The lowest BCUT2D eigenvalue weighted by atomic mass is 10.3. The molecule has 1 heterocycles. The smallest absolute Gasteiger partial charge is 0.267 e. The molecular weight excluding hydrogens is 293 g/mol. The van der Waals surface area contributed by atoms with E-state index in [4.69, 9.17) is 5.73 Å². The molecule has 0 radical (unpaired) electrons. The van der Waals surface area contributed by atoms with Gasteiger partial charge >= 0.3 is 0 Å². The van der Waals surface area contributed by atoms with Gasteiger partial charge in [-0.25, -0.2) is 4.98 Å². The number of hydrogen-bond donors (Lipinski definition) is 1. The first-order valence-electron chi connectivity index (χ1n) is 4.14. The van der Waals surface area contributed by atoms with E-state index in [1.54, 1.807) is 0 Å². The molecule has 0 spiro atoms. The molecule has 14 heavy (non-hydrogen) atoms. The Morgan fingerprint density at radius 2 is 2.43 bits per heavy atom. The summed E-state index contributed by atoms with van der Waals surface area (Å²) in [6.45, 7) is 6.39. The fourth-order valence-electron chi connectivity index (χ4n) is 0.964. The second-order valence-electron chi connectivity index (χ2n) is 3.03. The quantitative estimate of drug-likeness (QED) is 0.659. The van der Waals surface area contributed by atoms with E-state index in [-0.39, 0.29) is 5.56 Å². The van der Waals surface area contributed by atoms with Gasteiger partial charge in [0.1, 0.15) is 0 Å². The first kappa shape index (κ1) is 11.4. The summed E-state index contributed by atoms with van der Waals surface area (Å²) >= 11 is 2.00. The summed E-state index contributed by atoms with van der Waals surface area (Å²) in [6.07, 6.45) is 1.53. The lowest BCUT2D eigenvalue weighted by Gasteiger charge is -2.07. The average Bonchev–Trinajstić information content (AvgIpc) is 2.19. The largest absolute Gasteiger partial charge is 0.327 e. The molecule has 1 aromatic rings. The lowest BCUT2D eigenvalue weighted by molar-refractivity contribution is 0.705. The molecule has 0 saturated carbocycles. The third-order valence-corrected chi connectivity index (χ3v) is 3.08. The number of nitrogens with two attached hydrogens (primary N) is 1. The Hall–Kier alpha value is -0.690. The molecule has 0 aliphatic carbocycles. The van der Waals surface area contributed by atoms with E-state index in [9.17, 15) is 4.79 Å². The van der Waals surface area contributed by atoms with Gasteiger partial charge in [0, 0.05) is 13.1 Å². The van der Waals surface area contributed by atoms with Gasteiger partial charge in [-0.3, -0.25) is 9.36 Å². The maximum atomic E-state index is 11.7. The molecule has 0 amide bonds. The number of halogens is 1. The normalized spacial score (nSPS) is 10.2. The fraction of sp³-hybridized carbons (Fsp3) is 0.333. The topological polar surface area (TPSA) is 60.9 Å². The van der Waals surface area contributed by atoms with Crippen molar-refractivity contribution in [1.29, 1.82) is 0 Å². The van der Waals surface area contributed by atoms with E-state index in [2.05, 4.69) is 11.6 Å². The van der Waals surface area contributed by atoms with E-state index < -0.39 is 0 Å². The standard InChI is InChI=1S/C9H12IN3O/c1-6(3-11)4-13-5-12-7(2)8(10)9(13)14/h5H,1,3-4,11H2,2H3. The summed E-state index contributed by atoms with van der Waals surface area (Å²) in [5, 5.41) is 0. The van der Waals surface area contributed by atoms with E-state index in [1.807, 2.05) is 29.5 Å². The highest BCUT2D eigenvalue weighted by Crippen LogP contribution is 2.02. The molecule has 1 rings (SSSR count). The molecule has 0 aromatic carbocycles. The van der Waals surface area contributed by atoms with Gasteiger partial charge in [0.05, 0.1) is 15.6 Å². The molecule has 0 bridgehead atoms. The molecular formula is C9H12IN3O. The number of nitrogens with zero attached hydrogens (tertiary/aromatic N) is 2. The zero-order chi connectivity index (χ0) is 10.7. The Bertz CT molecular complexity index is 411. The third-order valence-electron chi connectivity index (χ3n) is 1.84. The van der Waals surface area contributed by atoms with Crippen molar-refractivity contribution in [3.63, 3.8) is 0 Å². The summed E-state index contributed by atoms with van der Waals surface area (Å²) in [5.41, 5.74) is 6.93. The molecule has 4 nitrogen and oxygen atoms in total. The molecule has 0 atom stereocenters. The highest BCUT2D eigenvalue weighted by Gasteiger charge is 2.05. The highest BCUT2D eigenvalue weighted by atomic mass is 127.